The highest BCUT2D eigenvalue weighted by atomic mass is 19.1. The molecule has 0 saturated carbocycles. The van der Waals surface area contributed by atoms with E-state index in [-0.39, 0.29) is 11.9 Å². The van der Waals surface area contributed by atoms with E-state index in [1.54, 1.807) is 19.1 Å². The third-order valence-electron chi connectivity index (χ3n) is 4.14. The molecular weight excluding hydrogens is 253 g/mol. The minimum absolute atomic E-state index is 0.126. The lowest BCUT2D eigenvalue weighted by Gasteiger charge is -2.38. The molecule has 1 heterocycles. The fraction of sp³-hybridized carbons (Fsp3) is 0.294. The van der Waals surface area contributed by atoms with Crippen molar-refractivity contribution in [2.75, 3.05) is 5.32 Å². The Labute approximate surface area is 118 Å². The first kappa shape index (κ1) is 13.1. The molecule has 3 heteroatoms. The van der Waals surface area contributed by atoms with Gasteiger partial charge in [0.05, 0.1) is 6.04 Å². The Morgan fingerprint density at radius 3 is 2.80 bits per heavy atom. The molecule has 0 spiro atoms. The van der Waals surface area contributed by atoms with Gasteiger partial charge in [-0.1, -0.05) is 30.3 Å². The van der Waals surface area contributed by atoms with Crippen molar-refractivity contribution in [1.29, 1.82) is 0 Å². The molecule has 2 unspecified atom stereocenters. The van der Waals surface area contributed by atoms with Crippen LogP contribution in [0.1, 0.15) is 24.5 Å². The van der Waals surface area contributed by atoms with E-state index < -0.39 is 5.60 Å². The average molecular weight is 271 g/mol. The molecule has 2 aromatic rings. The van der Waals surface area contributed by atoms with Crippen LogP contribution in [0.5, 0.6) is 0 Å². The molecule has 104 valence electrons. The second-order valence-electron chi connectivity index (χ2n) is 5.55. The van der Waals surface area contributed by atoms with Crippen LogP contribution >= 0.6 is 0 Å². The molecule has 2 aromatic carbocycles. The van der Waals surface area contributed by atoms with Crippen LogP contribution in [0, 0.1) is 5.82 Å². The Morgan fingerprint density at radius 1 is 1.20 bits per heavy atom. The Kier molecular flexibility index (Phi) is 3.22. The van der Waals surface area contributed by atoms with Gasteiger partial charge in [0.25, 0.3) is 0 Å². The second kappa shape index (κ2) is 4.91. The number of benzene rings is 2. The standard InChI is InChI=1S/C17H18FNO/c1-17(20,13-6-4-7-14(18)11-13)16-10-9-12-5-2-3-8-15(12)19-16/h2-8,11,16,19-20H,9-10H2,1H3. The topological polar surface area (TPSA) is 32.3 Å². The summed E-state index contributed by atoms with van der Waals surface area (Å²) < 4.78 is 13.4. The maximum absolute atomic E-state index is 13.4. The van der Waals surface area contributed by atoms with Gasteiger partial charge in [0.2, 0.25) is 0 Å². The quantitative estimate of drug-likeness (QED) is 0.876. The third-order valence-corrected chi connectivity index (χ3v) is 4.14. The van der Waals surface area contributed by atoms with Crippen molar-refractivity contribution in [3.8, 4) is 0 Å². The number of anilines is 1. The summed E-state index contributed by atoms with van der Waals surface area (Å²) in [5.74, 6) is -0.320. The van der Waals surface area contributed by atoms with Crippen molar-refractivity contribution in [1.82, 2.24) is 0 Å². The highest BCUT2D eigenvalue weighted by Crippen LogP contribution is 2.34. The molecule has 20 heavy (non-hydrogen) atoms. The van der Waals surface area contributed by atoms with Gasteiger partial charge in [-0.05, 0) is 49.1 Å². The van der Waals surface area contributed by atoms with Crippen LogP contribution in [0.25, 0.3) is 0 Å². The Balaban J connectivity index is 1.90. The first-order valence-corrected chi connectivity index (χ1v) is 6.90. The van der Waals surface area contributed by atoms with E-state index in [4.69, 9.17) is 0 Å². The highest BCUT2D eigenvalue weighted by Gasteiger charge is 2.35. The van der Waals surface area contributed by atoms with Crippen molar-refractivity contribution < 1.29 is 9.50 Å². The van der Waals surface area contributed by atoms with Crippen molar-refractivity contribution >= 4 is 5.69 Å². The molecule has 0 fully saturated rings. The zero-order valence-corrected chi connectivity index (χ0v) is 11.4. The zero-order valence-electron chi connectivity index (χ0n) is 11.4. The fourth-order valence-corrected chi connectivity index (χ4v) is 2.86. The summed E-state index contributed by atoms with van der Waals surface area (Å²) >= 11 is 0. The van der Waals surface area contributed by atoms with Gasteiger partial charge in [-0.3, -0.25) is 0 Å². The number of aryl methyl sites for hydroxylation is 1. The largest absolute Gasteiger partial charge is 0.383 e. The predicted molar refractivity (Wildman–Crippen MR) is 78.1 cm³/mol. The van der Waals surface area contributed by atoms with Gasteiger partial charge in [-0.25, -0.2) is 4.39 Å². The van der Waals surface area contributed by atoms with Crippen LogP contribution in [0.2, 0.25) is 0 Å². The monoisotopic (exact) mass is 271 g/mol. The number of fused-ring (bicyclic) bond motifs is 1. The Morgan fingerprint density at radius 2 is 2.00 bits per heavy atom. The number of rotatable bonds is 2. The van der Waals surface area contributed by atoms with E-state index in [1.165, 1.54) is 17.7 Å². The number of halogens is 1. The SMILES string of the molecule is CC(O)(c1cccc(F)c1)C1CCc2ccccc2N1. The summed E-state index contributed by atoms with van der Waals surface area (Å²) in [6, 6.07) is 14.2. The van der Waals surface area contributed by atoms with Gasteiger partial charge in [0.1, 0.15) is 11.4 Å². The van der Waals surface area contributed by atoms with E-state index in [1.807, 2.05) is 18.2 Å². The molecule has 0 amide bonds. The predicted octanol–water partition coefficient (Wildman–Crippen LogP) is 3.46. The van der Waals surface area contributed by atoms with Gasteiger partial charge < -0.3 is 10.4 Å². The summed E-state index contributed by atoms with van der Waals surface area (Å²) in [6.07, 6.45) is 1.74. The van der Waals surface area contributed by atoms with Crippen LogP contribution in [-0.4, -0.2) is 11.1 Å². The lowest BCUT2D eigenvalue weighted by molar-refractivity contribution is 0.0319. The molecular formula is C17H18FNO. The van der Waals surface area contributed by atoms with Crippen LogP contribution in [0.3, 0.4) is 0 Å². The zero-order chi connectivity index (χ0) is 14.2. The second-order valence-corrected chi connectivity index (χ2v) is 5.55. The first-order valence-electron chi connectivity index (χ1n) is 6.90. The van der Waals surface area contributed by atoms with Crippen molar-refractivity contribution in [2.24, 2.45) is 0 Å². The molecule has 2 nitrogen and oxygen atoms in total. The molecule has 1 aliphatic heterocycles. The maximum atomic E-state index is 13.4. The van der Waals surface area contributed by atoms with Crippen LogP contribution < -0.4 is 5.32 Å². The van der Waals surface area contributed by atoms with E-state index in [0.29, 0.717) is 5.56 Å². The average Bonchev–Trinajstić information content (AvgIpc) is 2.46. The van der Waals surface area contributed by atoms with Gasteiger partial charge in [0.15, 0.2) is 0 Å². The van der Waals surface area contributed by atoms with Crippen LogP contribution in [0.4, 0.5) is 10.1 Å². The first-order chi connectivity index (χ1) is 9.57. The van der Waals surface area contributed by atoms with Crippen molar-refractivity contribution in [3.63, 3.8) is 0 Å². The molecule has 2 N–H and O–H groups in total. The summed E-state index contributed by atoms with van der Waals surface area (Å²) in [6.45, 7) is 1.74. The summed E-state index contributed by atoms with van der Waals surface area (Å²) in [7, 11) is 0. The molecule has 0 bridgehead atoms. The van der Waals surface area contributed by atoms with Crippen molar-refractivity contribution in [2.45, 2.75) is 31.4 Å². The Bertz CT molecular complexity index is 624. The van der Waals surface area contributed by atoms with E-state index in [2.05, 4.69) is 11.4 Å². The molecule has 2 atom stereocenters. The van der Waals surface area contributed by atoms with Gasteiger partial charge >= 0.3 is 0 Å². The number of para-hydroxylation sites is 1. The van der Waals surface area contributed by atoms with Gasteiger partial charge in [-0.2, -0.15) is 0 Å². The lowest BCUT2D eigenvalue weighted by atomic mass is 9.82. The molecule has 0 aromatic heterocycles. The smallest absolute Gasteiger partial charge is 0.123 e. The molecule has 0 radical (unpaired) electrons. The van der Waals surface area contributed by atoms with Crippen molar-refractivity contribution in [3.05, 3.63) is 65.5 Å². The summed E-state index contributed by atoms with van der Waals surface area (Å²) in [4.78, 5) is 0. The number of hydrogen-bond donors (Lipinski definition) is 2. The number of hydrogen-bond acceptors (Lipinski definition) is 2. The minimum Gasteiger partial charge on any atom is -0.383 e. The lowest BCUT2D eigenvalue weighted by Crippen LogP contribution is -2.44. The Hall–Kier alpha value is -1.87. The molecule has 0 aliphatic carbocycles. The summed E-state index contributed by atoms with van der Waals surface area (Å²) in [5, 5.41) is 14.2. The molecule has 1 aliphatic rings. The van der Waals surface area contributed by atoms with Crippen LogP contribution in [-0.2, 0) is 12.0 Å². The number of aliphatic hydroxyl groups is 1. The minimum atomic E-state index is -1.10. The maximum Gasteiger partial charge on any atom is 0.123 e. The molecule has 0 saturated heterocycles. The number of nitrogens with one attached hydrogen (secondary N) is 1. The van der Waals surface area contributed by atoms with E-state index >= 15 is 0 Å². The highest BCUT2D eigenvalue weighted by molar-refractivity contribution is 5.54. The van der Waals surface area contributed by atoms with E-state index in [0.717, 1.165) is 18.5 Å². The third kappa shape index (κ3) is 2.29. The molecule has 3 rings (SSSR count). The summed E-state index contributed by atoms with van der Waals surface area (Å²) in [5.41, 5.74) is 1.82. The normalized spacial score (nSPS) is 20.6. The van der Waals surface area contributed by atoms with Crippen LogP contribution in [0.15, 0.2) is 48.5 Å². The van der Waals surface area contributed by atoms with Gasteiger partial charge in [-0.15, -0.1) is 0 Å². The van der Waals surface area contributed by atoms with E-state index in [9.17, 15) is 9.50 Å². The van der Waals surface area contributed by atoms with Gasteiger partial charge in [0, 0.05) is 5.69 Å². The fourth-order valence-electron chi connectivity index (χ4n) is 2.86.